The molecule has 0 fully saturated rings. The average molecular weight is 415 g/mol. The molecule has 1 amide bonds. The van der Waals surface area contributed by atoms with Crippen LogP contribution in [0.25, 0.3) is 0 Å². The van der Waals surface area contributed by atoms with Crippen molar-refractivity contribution in [2.75, 3.05) is 26.5 Å². The van der Waals surface area contributed by atoms with Gasteiger partial charge in [-0.3, -0.25) is 4.79 Å². The zero-order chi connectivity index (χ0) is 22.9. The van der Waals surface area contributed by atoms with Gasteiger partial charge >= 0.3 is 6.18 Å². The number of benzene rings is 2. The monoisotopic (exact) mass is 414 g/mol. The molecular weight excluding hydrogens is 381 g/mol. The molecule has 0 radical (unpaired) electrons. The zero-order valence-corrected chi connectivity index (χ0v) is 17.5. The van der Waals surface area contributed by atoms with Gasteiger partial charge in [-0.1, -0.05) is 43.7 Å². The Morgan fingerprint density at radius 1 is 0.897 bits per heavy atom. The third kappa shape index (κ3) is 10.1. The molecule has 2 aromatic carbocycles. The lowest BCUT2D eigenvalue weighted by atomic mass is 10.0. The van der Waals surface area contributed by atoms with Crippen molar-refractivity contribution >= 4 is 11.6 Å². The number of aryl methyl sites for hydroxylation is 1. The van der Waals surface area contributed by atoms with Gasteiger partial charge in [0.15, 0.2) is 0 Å². The number of halogens is 3. The maximum atomic E-state index is 13.0. The second kappa shape index (κ2) is 16.5. The highest BCUT2D eigenvalue weighted by atomic mass is 19.4. The van der Waals surface area contributed by atoms with Gasteiger partial charge in [0.1, 0.15) is 0 Å². The van der Waals surface area contributed by atoms with E-state index in [2.05, 4.69) is 29.4 Å². The molecule has 0 saturated carbocycles. The Hall–Kier alpha value is -2.42. The van der Waals surface area contributed by atoms with Gasteiger partial charge in [0.2, 0.25) is 0 Å². The summed E-state index contributed by atoms with van der Waals surface area (Å²) in [5.74, 6) is -0.748. The molecule has 0 saturated heterocycles. The van der Waals surface area contributed by atoms with Gasteiger partial charge in [0.05, 0.1) is 11.1 Å². The van der Waals surface area contributed by atoms with E-state index in [1.165, 1.54) is 39.3 Å². The van der Waals surface area contributed by atoms with Crippen LogP contribution in [-0.4, -0.2) is 27.1 Å². The van der Waals surface area contributed by atoms with Crippen LogP contribution in [0.5, 0.6) is 0 Å². The molecule has 0 unspecified atom stereocenters. The fourth-order valence-electron chi connectivity index (χ4n) is 2.35. The maximum Gasteiger partial charge on any atom is 0.417 e. The van der Waals surface area contributed by atoms with E-state index < -0.39 is 17.6 Å². The molecular formula is C21H33F3N4O. The quantitative estimate of drug-likeness (QED) is 0.593. The van der Waals surface area contributed by atoms with Crippen molar-refractivity contribution in [3.05, 3.63) is 65.2 Å². The number of para-hydroxylation sites is 1. The minimum atomic E-state index is -4.56. The van der Waals surface area contributed by atoms with Crippen LogP contribution < -0.4 is 22.5 Å². The van der Waals surface area contributed by atoms with Gasteiger partial charge in [-0.15, -0.1) is 0 Å². The standard InChI is InChI=1S/C18H18F3NO.3CH5N/c1-2-3-8-13-9-4-7-12-16(13)22-17(23)14-10-5-6-11-15(14)18(19,20)21;3*1-2/h4-7,9-12H,2-3,8H2,1H3,(H,22,23);3*2H2,1H3. The number of anilines is 1. The smallest absolute Gasteiger partial charge is 0.333 e. The Morgan fingerprint density at radius 2 is 1.41 bits per heavy atom. The Bertz CT molecular complexity index is 692. The summed E-state index contributed by atoms with van der Waals surface area (Å²) in [5, 5.41) is 2.61. The number of nitrogens with one attached hydrogen (secondary N) is 1. The van der Waals surface area contributed by atoms with E-state index in [1.54, 1.807) is 12.1 Å². The average Bonchev–Trinajstić information content (AvgIpc) is 2.76. The summed E-state index contributed by atoms with van der Waals surface area (Å²) in [7, 11) is 4.50. The van der Waals surface area contributed by atoms with Crippen molar-refractivity contribution in [3.63, 3.8) is 0 Å². The van der Waals surface area contributed by atoms with E-state index in [4.69, 9.17) is 0 Å². The summed E-state index contributed by atoms with van der Waals surface area (Å²) >= 11 is 0. The first kappa shape index (κ1) is 28.8. The molecule has 0 atom stereocenters. The summed E-state index contributed by atoms with van der Waals surface area (Å²) in [4.78, 5) is 12.3. The predicted octanol–water partition coefficient (Wildman–Crippen LogP) is 4.03. The highest BCUT2D eigenvalue weighted by molar-refractivity contribution is 6.05. The second-order valence-corrected chi connectivity index (χ2v) is 5.26. The van der Waals surface area contributed by atoms with E-state index in [-0.39, 0.29) is 5.56 Å². The highest BCUT2D eigenvalue weighted by Gasteiger charge is 2.34. The van der Waals surface area contributed by atoms with Crippen LogP contribution in [0.15, 0.2) is 48.5 Å². The second-order valence-electron chi connectivity index (χ2n) is 5.26. The first-order valence-electron chi connectivity index (χ1n) is 9.22. The van der Waals surface area contributed by atoms with Crippen molar-refractivity contribution in [2.45, 2.75) is 32.4 Å². The molecule has 0 bridgehead atoms. The molecule has 2 aromatic rings. The normalized spacial score (nSPS) is 9.59. The molecule has 29 heavy (non-hydrogen) atoms. The van der Waals surface area contributed by atoms with Gasteiger partial charge < -0.3 is 22.5 Å². The minimum Gasteiger partial charge on any atom is -0.333 e. The van der Waals surface area contributed by atoms with Gasteiger partial charge in [-0.05, 0) is 57.7 Å². The van der Waals surface area contributed by atoms with Crippen molar-refractivity contribution in [3.8, 4) is 0 Å². The molecule has 5 nitrogen and oxygen atoms in total. The molecule has 0 aromatic heterocycles. The molecule has 0 aliphatic carbocycles. The van der Waals surface area contributed by atoms with Crippen LogP contribution in [0.3, 0.4) is 0 Å². The van der Waals surface area contributed by atoms with Crippen LogP contribution in [-0.2, 0) is 12.6 Å². The Kier molecular flexibility index (Phi) is 16.4. The van der Waals surface area contributed by atoms with Crippen LogP contribution in [0.1, 0.15) is 41.3 Å². The lowest BCUT2D eigenvalue weighted by molar-refractivity contribution is -0.137. The number of amides is 1. The topological polar surface area (TPSA) is 107 Å². The number of nitrogens with two attached hydrogens (primary N) is 3. The van der Waals surface area contributed by atoms with Crippen molar-refractivity contribution in [1.29, 1.82) is 0 Å². The number of hydrogen-bond donors (Lipinski definition) is 4. The SMILES string of the molecule is CCCCc1ccccc1NC(=O)c1ccccc1C(F)(F)F.CN.CN.CN. The van der Waals surface area contributed by atoms with E-state index in [0.717, 1.165) is 30.9 Å². The predicted molar refractivity (Wildman–Crippen MR) is 115 cm³/mol. The van der Waals surface area contributed by atoms with E-state index in [0.29, 0.717) is 5.69 Å². The number of alkyl halides is 3. The summed E-state index contributed by atoms with van der Waals surface area (Å²) in [6.45, 7) is 2.06. The molecule has 7 N–H and O–H groups in total. The lowest BCUT2D eigenvalue weighted by Gasteiger charge is -2.14. The van der Waals surface area contributed by atoms with E-state index >= 15 is 0 Å². The zero-order valence-electron chi connectivity index (χ0n) is 17.5. The molecule has 2 rings (SSSR count). The number of unbranched alkanes of at least 4 members (excludes halogenated alkanes) is 1. The molecule has 164 valence electrons. The van der Waals surface area contributed by atoms with Gasteiger partial charge in [-0.25, -0.2) is 0 Å². The van der Waals surface area contributed by atoms with Crippen LogP contribution in [0.4, 0.5) is 18.9 Å². The van der Waals surface area contributed by atoms with Gasteiger partial charge in [0, 0.05) is 5.69 Å². The largest absolute Gasteiger partial charge is 0.417 e. The number of hydrogen-bond acceptors (Lipinski definition) is 4. The van der Waals surface area contributed by atoms with Crippen molar-refractivity contribution in [2.24, 2.45) is 17.2 Å². The Labute approximate surface area is 171 Å². The highest BCUT2D eigenvalue weighted by Crippen LogP contribution is 2.32. The van der Waals surface area contributed by atoms with Gasteiger partial charge in [0.25, 0.3) is 5.91 Å². The fraction of sp³-hybridized carbons (Fsp3) is 0.381. The van der Waals surface area contributed by atoms with Crippen LogP contribution in [0, 0.1) is 0 Å². The lowest BCUT2D eigenvalue weighted by Crippen LogP contribution is -2.19. The molecule has 0 aliphatic rings. The number of carbonyl (C=O) groups is 1. The minimum absolute atomic E-state index is 0.370. The summed E-state index contributed by atoms with van der Waals surface area (Å²) in [6, 6.07) is 12.0. The number of rotatable bonds is 5. The van der Waals surface area contributed by atoms with E-state index in [9.17, 15) is 18.0 Å². The fourth-order valence-corrected chi connectivity index (χ4v) is 2.35. The Morgan fingerprint density at radius 3 is 1.97 bits per heavy atom. The first-order chi connectivity index (χ1) is 13.9. The maximum absolute atomic E-state index is 13.0. The molecule has 0 heterocycles. The molecule has 0 spiro atoms. The first-order valence-corrected chi connectivity index (χ1v) is 9.22. The van der Waals surface area contributed by atoms with Crippen molar-refractivity contribution < 1.29 is 18.0 Å². The molecule has 0 aliphatic heterocycles. The number of carbonyl (C=O) groups excluding carboxylic acids is 1. The van der Waals surface area contributed by atoms with Gasteiger partial charge in [-0.2, -0.15) is 13.2 Å². The van der Waals surface area contributed by atoms with Crippen molar-refractivity contribution in [1.82, 2.24) is 0 Å². The van der Waals surface area contributed by atoms with Crippen LogP contribution in [0.2, 0.25) is 0 Å². The van der Waals surface area contributed by atoms with E-state index in [1.807, 2.05) is 12.1 Å². The van der Waals surface area contributed by atoms with Crippen LogP contribution >= 0.6 is 0 Å². The summed E-state index contributed by atoms with van der Waals surface area (Å²) in [5.41, 5.74) is 13.7. The third-order valence-corrected chi connectivity index (χ3v) is 3.54. The Balaban J connectivity index is 0. The third-order valence-electron chi connectivity index (χ3n) is 3.54. The summed E-state index contributed by atoms with van der Waals surface area (Å²) in [6.07, 6.45) is -1.84. The molecule has 8 heteroatoms. The summed E-state index contributed by atoms with van der Waals surface area (Å²) < 4.78 is 39.0.